The highest BCUT2D eigenvalue weighted by Crippen LogP contribution is 2.30. The van der Waals surface area contributed by atoms with Gasteiger partial charge in [-0.1, -0.05) is 37.7 Å². The molecule has 1 N–H and O–H groups in total. The first-order valence-corrected chi connectivity index (χ1v) is 7.79. The lowest BCUT2D eigenvalue weighted by molar-refractivity contribution is 0.588. The third kappa shape index (κ3) is 3.87. The quantitative estimate of drug-likeness (QED) is 0.910. The SMILES string of the molecule is Cc1cc(Sc2ccc(CNC(C)C)cc2C)n(C)n1. The van der Waals surface area contributed by atoms with Crippen LogP contribution in [-0.2, 0) is 13.6 Å². The number of nitrogens with one attached hydrogen (secondary N) is 1. The van der Waals surface area contributed by atoms with Crippen molar-refractivity contribution >= 4 is 11.8 Å². The van der Waals surface area contributed by atoms with Crippen LogP contribution in [0.25, 0.3) is 0 Å². The van der Waals surface area contributed by atoms with Crippen LogP contribution in [0.4, 0.5) is 0 Å². The molecule has 2 rings (SSSR count). The molecule has 1 heterocycles. The second-order valence-electron chi connectivity index (χ2n) is 5.49. The van der Waals surface area contributed by atoms with Gasteiger partial charge in [0.05, 0.1) is 10.7 Å². The number of aryl methyl sites for hydroxylation is 3. The van der Waals surface area contributed by atoms with Crippen LogP contribution in [0.3, 0.4) is 0 Å². The fourth-order valence-corrected chi connectivity index (χ4v) is 3.04. The van der Waals surface area contributed by atoms with Gasteiger partial charge in [-0.15, -0.1) is 0 Å². The molecule has 3 nitrogen and oxygen atoms in total. The molecule has 0 saturated carbocycles. The minimum absolute atomic E-state index is 0.516. The molecular weight excluding hydrogens is 266 g/mol. The first kappa shape index (κ1) is 15.1. The summed E-state index contributed by atoms with van der Waals surface area (Å²) in [5, 5.41) is 9.02. The van der Waals surface area contributed by atoms with E-state index in [1.807, 2.05) is 18.7 Å². The van der Waals surface area contributed by atoms with Crippen LogP contribution >= 0.6 is 11.8 Å². The van der Waals surface area contributed by atoms with Crippen molar-refractivity contribution in [1.29, 1.82) is 0 Å². The van der Waals surface area contributed by atoms with E-state index in [2.05, 4.69) is 55.5 Å². The average molecular weight is 289 g/mol. The summed E-state index contributed by atoms with van der Waals surface area (Å²) in [6.07, 6.45) is 0. The van der Waals surface area contributed by atoms with Crippen molar-refractivity contribution in [2.45, 2.75) is 50.2 Å². The Kier molecular flexibility index (Phi) is 4.89. The van der Waals surface area contributed by atoms with E-state index in [1.165, 1.54) is 21.0 Å². The zero-order chi connectivity index (χ0) is 14.7. The number of aromatic nitrogens is 2. The number of nitrogens with zero attached hydrogens (tertiary/aromatic N) is 2. The van der Waals surface area contributed by atoms with Gasteiger partial charge >= 0.3 is 0 Å². The number of benzene rings is 1. The number of rotatable bonds is 5. The van der Waals surface area contributed by atoms with E-state index in [1.54, 1.807) is 11.8 Å². The van der Waals surface area contributed by atoms with Crippen molar-refractivity contribution < 1.29 is 0 Å². The summed E-state index contributed by atoms with van der Waals surface area (Å²) in [6.45, 7) is 9.46. The monoisotopic (exact) mass is 289 g/mol. The standard InChI is InChI=1S/C16H23N3S/c1-11(2)17-10-14-6-7-15(12(3)8-14)20-16-9-13(4)18-19(16)5/h6-9,11,17H,10H2,1-5H3. The van der Waals surface area contributed by atoms with Gasteiger partial charge in [0.15, 0.2) is 0 Å². The van der Waals surface area contributed by atoms with Gasteiger partial charge in [0.25, 0.3) is 0 Å². The Morgan fingerprint density at radius 3 is 2.55 bits per heavy atom. The maximum absolute atomic E-state index is 4.39. The molecular formula is C16H23N3S. The fraction of sp³-hybridized carbons (Fsp3) is 0.438. The molecule has 0 fully saturated rings. The van der Waals surface area contributed by atoms with E-state index >= 15 is 0 Å². The second-order valence-corrected chi connectivity index (χ2v) is 6.55. The van der Waals surface area contributed by atoms with Gasteiger partial charge in [0, 0.05) is 24.5 Å². The lowest BCUT2D eigenvalue weighted by Gasteiger charge is -2.11. The summed E-state index contributed by atoms with van der Waals surface area (Å²) in [5.74, 6) is 0. The first-order valence-electron chi connectivity index (χ1n) is 6.97. The van der Waals surface area contributed by atoms with E-state index in [9.17, 15) is 0 Å². The summed E-state index contributed by atoms with van der Waals surface area (Å²) in [5.41, 5.74) is 3.71. The molecule has 0 spiro atoms. The van der Waals surface area contributed by atoms with E-state index in [-0.39, 0.29) is 0 Å². The number of hydrogen-bond acceptors (Lipinski definition) is 3. The van der Waals surface area contributed by atoms with Crippen molar-refractivity contribution in [1.82, 2.24) is 15.1 Å². The lowest BCUT2D eigenvalue weighted by Crippen LogP contribution is -2.21. The topological polar surface area (TPSA) is 29.9 Å². The average Bonchev–Trinajstić information content (AvgIpc) is 2.68. The molecule has 0 saturated heterocycles. The molecule has 0 aliphatic rings. The Morgan fingerprint density at radius 1 is 1.25 bits per heavy atom. The molecule has 108 valence electrons. The van der Waals surface area contributed by atoms with Gasteiger partial charge in [0.2, 0.25) is 0 Å². The van der Waals surface area contributed by atoms with E-state index in [0.29, 0.717) is 6.04 Å². The molecule has 0 atom stereocenters. The van der Waals surface area contributed by atoms with Gasteiger partial charge in [-0.3, -0.25) is 4.68 Å². The highest BCUT2D eigenvalue weighted by atomic mass is 32.2. The molecule has 4 heteroatoms. The summed E-state index contributed by atoms with van der Waals surface area (Å²) < 4.78 is 1.94. The Bertz CT molecular complexity index is 587. The zero-order valence-corrected chi connectivity index (χ0v) is 13.7. The minimum Gasteiger partial charge on any atom is -0.310 e. The zero-order valence-electron chi connectivity index (χ0n) is 12.9. The predicted molar refractivity (Wildman–Crippen MR) is 85.2 cm³/mol. The van der Waals surface area contributed by atoms with Gasteiger partial charge in [-0.25, -0.2) is 0 Å². The van der Waals surface area contributed by atoms with E-state index < -0.39 is 0 Å². The summed E-state index contributed by atoms with van der Waals surface area (Å²) in [7, 11) is 1.99. The molecule has 0 radical (unpaired) electrons. The third-order valence-electron chi connectivity index (χ3n) is 3.13. The number of hydrogen-bond donors (Lipinski definition) is 1. The highest BCUT2D eigenvalue weighted by molar-refractivity contribution is 7.99. The largest absolute Gasteiger partial charge is 0.310 e. The Labute approximate surface area is 125 Å². The maximum atomic E-state index is 4.39. The molecule has 0 aliphatic heterocycles. The first-order chi connectivity index (χ1) is 9.45. The molecule has 2 aromatic rings. The third-order valence-corrected chi connectivity index (χ3v) is 4.40. The van der Waals surface area contributed by atoms with Crippen molar-refractivity contribution in [3.63, 3.8) is 0 Å². The Balaban J connectivity index is 2.11. The van der Waals surface area contributed by atoms with Crippen LogP contribution in [0.5, 0.6) is 0 Å². The Hall–Kier alpha value is -1.26. The summed E-state index contributed by atoms with van der Waals surface area (Å²) in [6, 6.07) is 9.31. The van der Waals surface area contributed by atoms with Gasteiger partial charge in [0.1, 0.15) is 0 Å². The van der Waals surface area contributed by atoms with Crippen LogP contribution in [-0.4, -0.2) is 15.8 Å². The van der Waals surface area contributed by atoms with Crippen molar-refractivity contribution in [2.24, 2.45) is 7.05 Å². The van der Waals surface area contributed by atoms with Crippen molar-refractivity contribution in [3.8, 4) is 0 Å². The molecule has 1 aromatic carbocycles. The Morgan fingerprint density at radius 2 is 2.00 bits per heavy atom. The predicted octanol–water partition coefficient (Wildman–Crippen LogP) is 3.69. The van der Waals surface area contributed by atoms with Gasteiger partial charge < -0.3 is 5.32 Å². The fourth-order valence-electron chi connectivity index (χ4n) is 2.05. The van der Waals surface area contributed by atoms with Crippen molar-refractivity contribution in [3.05, 3.63) is 41.1 Å². The molecule has 0 unspecified atom stereocenters. The van der Waals surface area contributed by atoms with Crippen molar-refractivity contribution in [2.75, 3.05) is 0 Å². The van der Waals surface area contributed by atoms with Crippen LogP contribution in [0.15, 0.2) is 34.2 Å². The van der Waals surface area contributed by atoms with Crippen LogP contribution in [0.1, 0.15) is 30.7 Å². The molecule has 20 heavy (non-hydrogen) atoms. The lowest BCUT2D eigenvalue weighted by atomic mass is 10.1. The van der Waals surface area contributed by atoms with E-state index in [4.69, 9.17) is 0 Å². The smallest absolute Gasteiger partial charge is 0.0987 e. The van der Waals surface area contributed by atoms with Crippen LogP contribution in [0, 0.1) is 13.8 Å². The summed E-state index contributed by atoms with van der Waals surface area (Å²) >= 11 is 1.77. The molecule has 0 amide bonds. The van der Waals surface area contributed by atoms with Gasteiger partial charge in [-0.05, 0) is 37.1 Å². The summed E-state index contributed by atoms with van der Waals surface area (Å²) in [4.78, 5) is 1.29. The molecule has 0 bridgehead atoms. The van der Waals surface area contributed by atoms with Gasteiger partial charge in [-0.2, -0.15) is 5.10 Å². The van der Waals surface area contributed by atoms with E-state index in [0.717, 1.165) is 12.2 Å². The molecule has 0 aliphatic carbocycles. The highest BCUT2D eigenvalue weighted by Gasteiger charge is 2.07. The minimum atomic E-state index is 0.516. The second kappa shape index (κ2) is 6.46. The van der Waals surface area contributed by atoms with Crippen LogP contribution < -0.4 is 5.32 Å². The van der Waals surface area contributed by atoms with Crippen LogP contribution in [0.2, 0.25) is 0 Å². The maximum Gasteiger partial charge on any atom is 0.0987 e. The molecule has 1 aromatic heterocycles. The normalized spacial score (nSPS) is 11.3.